The number of piperidine rings is 1. The van der Waals surface area contributed by atoms with E-state index in [1.165, 1.54) is 6.42 Å². The lowest BCUT2D eigenvalue weighted by Crippen LogP contribution is -2.41. The number of aliphatic hydroxyl groups excluding tert-OH is 1. The van der Waals surface area contributed by atoms with E-state index in [1.807, 2.05) is 11.0 Å². The summed E-state index contributed by atoms with van der Waals surface area (Å²) >= 11 is 0. The van der Waals surface area contributed by atoms with Crippen LogP contribution < -0.4 is 5.32 Å². The van der Waals surface area contributed by atoms with Gasteiger partial charge in [0.25, 0.3) is 0 Å². The van der Waals surface area contributed by atoms with Crippen LogP contribution in [-0.2, 0) is 0 Å². The number of carbonyl (C=O) groups is 1. The number of hydrogen-bond acceptors (Lipinski definition) is 3. The van der Waals surface area contributed by atoms with Crippen molar-refractivity contribution in [1.29, 1.82) is 0 Å². The predicted molar refractivity (Wildman–Crippen MR) is 81.8 cm³/mol. The molecule has 1 aromatic heterocycles. The maximum Gasteiger partial charge on any atom is 0.323 e. The van der Waals surface area contributed by atoms with E-state index in [0.29, 0.717) is 23.9 Å². The summed E-state index contributed by atoms with van der Waals surface area (Å²) in [6.07, 6.45) is 2.65. The van der Waals surface area contributed by atoms with Gasteiger partial charge in [-0.3, -0.25) is 5.32 Å². The number of anilines is 1. The lowest BCUT2D eigenvalue weighted by molar-refractivity contribution is 0.182. The van der Waals surface area contributed by atoms with E-state index in [9.17, 15) is 4.79 Å². The van der Waals surface area contributed by atoms with Crippen molar-refractivity contribution in [3.8, 4) is 11.8 Å². The molecule has 1 aliphatic heterocycles. The molecule has 1 fully saturated rings. The summed E-state index contributed by atoms with van der Waals surface area (Å²) in [5, 5.41) is 11.5. The number of rotatable bonds is 2. The van der Waals surface area contributed by atoms with Crippen molar-refractivity contribution < 1.29 is 9.90 Å². The van der Waals surface area contributed by atoms with Gasteiger partial charge in [0.1, 0.15) is 11.5 Å². The minimum atomic E-state index is -0.102. The van der Waals surface area contributed by atoms with Gasteiger partial charge in [0.05, 0.1) is 6.61 Å². The van der Waals surface area contributed by atoms with Crippen LogP contribution >= 0.6 is 0 Å². The second kappa shape index (κ2) is 7.65. The molecule has 1 atom stereocenters. The largest absolute Gasteiger partial charge is 0.395 e. The maximum atomic E-state index is 12.2. The zero-order valence-electron chi connectivity index (χ0n) is 12.3. The Morgan fingerprint density at radius 3 is 3.19 bits per heavy atom. The summed E-state index contributed by atoms with van der Waals surface area (Å²) < 4.78 is 0. The number of pyridine rings is 1. The van der Waals surface area contributed by atoms with Crippen molar-refractivity contribution in [1.82, 2.24) is 9.88 Å². The molecule has 5 nitrogen and oxygen atoms in total. The lowest BCUT2D eigenvalue weighted by Gasteiger charge is -2.30. The van der Waals surface area contributed by atoms with Crippen LogP contribution in [0.3, 0.4) is 0 Å². The van der Waals surface area contributed by atoms with Crippen LogP contribution in [0.4, 0.5) is 10.6 Å². The Kier molecular flexibility index (Phi) is 5.59. The van der Waals surface area contributed by atoms with Crippen LogP contribution in [0.2, 0.25) is 0 Å². The first-order valence-corrected chi connectivity index (χ1v) is 7.32. The first-order valence-electron chi connectivity index (χ1n) is 7.32. The third-order valence-electron chi connectivity index (χ3n) is 3.38. The summed E-state index contributed by atoms with van der Waals surface area (Å²) in [6.45, 7) is 3.79. The molecule has 2 rings (SSSR count). The Balaban J connectivity index is 1.97. The number of aromatic nitrogens is 1. The molecule has 0 spiro atoms. The number of hydrogen-bond donors (Lipinski definition) is 2. The van der Waals surface area contributed by atoms with Crippen LogP contribution in [0.1, 0.15) is 31.9 Å². The number of aliphatic hydroxyl groups is 1. The molecule has 0 bridgehead atoms. The highest BCUT2D eigenvalue weighted by Gasteiger charge is 2.21. The summed E-state index contributed by atoms with van der Waals surface area (Å²) in [5.41, 5.74) is 0.591. The van der Waals surface area contributed by atoms with Crippen molar-refractivity contribution >= 4 is 11.8 Å². The SMILES string of the molecule is CC1CCCN(C(=O)Nc2cccc(C#CCCO)n2)C1. The summed E-state index contributed by atoms with van der Waals surface area (Å²) in [6, 6.07) is 5.24. The minimum absolute atomic E-state index is 0.0383. The van der Waals surface area contributed by atoms with Crippen molar-refractivity contribution in [2.45, 2.75) is 26.2 Å². The average Bonchev–Trinajstić information content (AvgIpc) is 2.48. The van der Waals surface area contributed by atoms with Crippen LogP contribution in [-0.4, -0.2) is 40.7 Å². The van der Waals surface area contributed by atoms with E-state index in [4.69, 9.17) is 5.11 Å². The van der Waals surface area contributed by atoms with Crippen molar-refractivity contribution in [2.24, 2.45) is 5.92 Å². The molecule has 0 aliphatic carbocycles. The first-order chi connectivity index (χ1) is 10.2. The molecule has 2 amide bonds. The van der Waals surface area contributed by atoms with Gasteiger partial charge in [-0.2, -0.15) is 0 Å². The molecule has 2 heterocycles. The highest BCUT2D eigenvalue weighted by molar-refractivity contribution is 5.88. The van der Waals surface area contributed by atoms with Crippen molar-refractivity contribution in [3.63, 3.8) is 0 Å². The molecule has 2 N–H and O–H groups in total. The molecule has 112 valence electrons. The number of urea groups is 1. The standard InChI is InChI=1S/C16H21N3O2/c1-13-6-5-10-19(12-13)16(21)18-15-9-4-8-14(17-15)7-2-3-11-20/h4,8-9,13,20H,3,5-6,10-12H2,1H3,(H,17,18,21). The number of amides is 2. The van der Waals surface area contributed by atoms with Gasteiger partial charge in [0.2, 0.25) is 0 Å². The molecule has 21 heavy (non-hydrogen) atoms. The van der Waals surface area contributed by atoms with Gasteiger partial charge in [-0.1, -0.05) is 18.9 Å². The van der Waals surface area contributed by atoms with E-state index < -0.39 is 0 Å². The Bertz CT molecular complexity index is 548. The summed E-state index contributed by atoms with van der Waals surface area (Å²) in [7, 11) is 0. The van der Waals surface area contributed by atoms with Gasteiger partial charge in [0.15, 0.2) is 0 Å². The van der Waals surface area contributed by atoms with Gasteiger partial charge in [0, 0.05) is 19.5 Å². The van der Waals surface area contributed by atoms with Crippen LogP contribution in [0.15, 0.2) is 18.2 Å². The number of likely N-dealkylation sites (tertiary alicyclic amines) is 1. The van der Waals surface area contributed by atoms with Gasteiger partial charge >= 0.3 is 6.03 Å². The normalized spacial score (nSPS) is 17.8. The number of nitrogens with one attached hydrogen (secondary N) is 1. The third-order valence-corrected chi connectivity index (χ3v) is 3.38. The molecule has 1 saturated heterocycles. The van der Waals surface area contributed by atoms with Gasteiger partial charge < -0.3 is 10.0 Å². The smallest absolute Gasteiger partial charge is 0.323 e. The van der Waals surface area contributed by atoms with E-state index in [2.05, 4.69) is 29.1 Å². The van der Waals surface area contributed by atoms with Crippen molar-refractivity contribution in [3.05, 3.63) is 23.9 Å². The van der Waals surface area contributed by atoms with E-state index in [-0.39, 0.29) is 12.6 Å². The van der Waals surface area contributed by atoms with Gasteiger partial charge in [-0.15, -0.1) is 0 Å². The second-order valence-corrected chi connectivity index (χ2v) is 5.31. The fraction of sp³-hybridized carbons (Fsp3) is 0.500. The third kappa shape index (κ3) is 4.76. The molecular weight excluding hydrogens is 266 g/mol. The van der Waals surface area contributed by atoms with E-state index >= 15 is 0 Å². The molecule has 0 aromatic carbocycles. The highest BCUT2D eigenvalue weighted by Crippen LogP contribution is 2.16. The average molecular weight is 287 g/mol. The Labute approximate surface area is 125 Å². The maximum absolute atomic E-state index is 12.2. The first kappa shape index (κ1) is 15.3. The fourth-order valence-corrected chi connectivity index (χ4v) is 2.35. The van der Waals surface area contributed by atoms with Crippen LogP contribution in [0.25, 0.3) is 0 Å². The van der Waals surface area contributed by atoms with E-state index in [1.54, 1.807) is 12.1 Å². The van der Waals surface area contributed by atoms with Crippen molar-refractivity contribution in [2.75, 3.05) is 25.0 Å². The van der Waals surface area contributed by atoms with Crippen LogP contribution in [0, 0.1) is 17.8 Å². The lowest BCUT2D eigenvalue weighted by atomic mass is 10.0. The quantitative estimate of drug-likeness (QED) is 0.818. The number of carbonyl (C=O) groups excluding carboxylic acids is 1. The summed E-state index contributed by atoms with van der Waals surface area (Å²) in [5.74, 6) is 6.73. The second-order valence-electron chi connectivity index (χ2n) is 5.31. The van der Waals surface area contributed by atoms with E-state index in [0.717, 1.165) is 19.5 Å². The molecule has 0 saturated carbocycles. The van der Waals surface area contributed by atoms with Gasteiger partial charge in [-0.05, 0) is 36.8 Å². The zero-order chi connectivity index (χ0) is 15.1. The summed E-state index contributed by atoms with van der Waals surface area (Å²) in [4.78, 5) is 18.3. The monoisotopic (exact) mass is 287 g/mol. The van der Waals surface area contributed by atoms with Gasteiger partial charge in [-0.25, -0.2) is 9.78 Å². The topological polar surface area (TPSA) is 65.5 Å². The molecular formula is C16H21N3O2. The highest BCUT2D eigenvalue weighted by atomic mass is 16.2. The van der Waals surface area contributed by atoms with Crippen LogP contribution in [0.5, 0.6) is 0 Å². The minimum Gasteiger partial charge on any atom is -0.395 e. The molecule has 5 heteroatoms. The Morgan fingerprint density at radius 2 is 2.43 bits per heavy atom. The molecule has 0 radical (unpaired) electrons. The molecule has 1 aromatic rings. The number of nitrogens with zero attached hydrogens (tertiary/aromatic N) is 2. The Morgan fingerprint density at radius 1 is 1.57 bits per heavy atom. The molecule has 1 aliphatic rings. The predicted octanol–water partition coefficient (Wildman–Crippen LogP) is 2.08. The Hall–Kier alpha value is -2.06. The molecule has 1 unspecified atom stereocenters. The fourth-order valence-electron chi connectivity index (χ4n) is 2.35. The zero-order valence-corrected chi connectivity index (χ0v) is 12.3.